The third-order valence-electron chi connectivity index (χ3n) is 6.13. The Morgan fingerprint density at radius 2 is 1.77 bits per heavy atom. The van der Waals surface area contributed by atoms with Crippen LogP contribution in [0.3, 0.4) is 0 Å². The number of amidine groups is 1. The number of alkyl halides is 3. The van der Waals surface area contributed by atoms with E-state index in [2.05, 4.69) is 25.4 Å². The van der Waals surface area contributed by atoms with Crippen molar-refractivity contribution in [3.05, 3.63) is 95.3 Å². The number of benzene rings is 3. The minimum absolute atomic E-state index is 0.0247. The first kappa shape index (κ1) is 26.6. The molecule has 0 atom stereocenters. The van der Waals surface area contributed by atoms with Crippen LogP contribution in [0.1, 0.15) is 22.3 Å². The number of nitrogens with zero attached hydrogens (tertiary/aromatic N) is 4. The summed E-state index contributed by atoms with van der Waals surface area (Å²) in [6.45, 7) is 0. The molecule has 1 aromatic heterocycles. The summed E-state index contributed by atoms with van der Waals surface area (Å²) in [5.41, 5.74) is 2.01. The average molecular weight is 550 g/mol. The highest BCUT2D eigenvalue weighted by Gasteiger charge is 2.31. The van der Waals surface area contributed by atoms with Crippen molar-refractivity contribution in [3.63, 3.8) is 0 Å². The van der Waals surface area contributed by atoms with Crippen LogP contribution in [0.25, 0.3) is 5.69 Å². The molecule has 9 nitrogen and oxygen atoms in total. The molecule has 0 radical (unpaired) electrons. The van der Waals surface area contributed by atoms with E-state index in [1.54, 1.807) is 36.4 Å². The molecule has 0 bridgehead atoms. The van der Waals surface area contributed by atoms with E-state index in [1.807, 2.05) is 6.07 Å². The van der Waals surface area contributed by atoms with Crippen LogP contribution in [-0.2, 0) is 35.0 Å². The summed E-state index contributed by atoms with van der Waals surface area (Å²) >= 11 is 0. The van der Waals surface area contributed by atoms with Gasteiger partial charge >= 0.3 is 12.3 Å². The highest BCUT2D eigenvalue weighted by molar-refractivity contribution is 6.01. The zero-order valence-corrected chi connectivity index (χ0v) is 21.1. The molecule has 4 aromatic rings. The van der Waals surface area contributed by atoms with Gasteiger partial charge in [0.1, 0.15) is 23.1 Å². The van der Waals surface area contributed by atoms with Crippen LogP contribution >= 0.6 is 0 Å². The molecule has 2 heterocycles. The van der Waals surface area contributed by atoms with Crippen molar-refractivity contribution in [1.29, 1.82) is 0 Å². The second-order valence-electron chi connectivity index (χ2n) is 8.97. The van der Waals surface area contributed by atoms with E-state index in [9.17, 15) is 22.8 Å². The number of methoxy groups -OCH3 is 1. The molecule has 0 saturated carbocycles. The lowest BCUT2D eigenvalue weighted by atomic mass is 9.99. The maximum Gasteiger partial charge on any atom is 0.416 e. The number of hydrogen-bond donors (Lipinski definition) is 1. The Hall–Kier alpha value is -5.00. The van der Waals surface area contributed by atoms with Gasteiger partial charge in [-0.1, -0.05) is 23.4 Å². The monoisotopic (exact) mass is 549 g/mol. The zero-order chi connectivity index (χ0) is 28.3. The normalized spacial score (nSPS) is 12.4. The van der Waals surface area contributed by atoms with Gasteiger partial charge in [-0.3, -0.25) is 10.1 Å². The number of fused-ring (bicyclic) bond motifs is 1. The fourth-order valence-corrected chi connectivity index (χ4v) is 4.24. The molecule has 0 unspecified atom stereocenters. The van der Waals surface area contributed by atoms with Gasteiger partial charge in [-0.25, -0.2) is 14.5 Å². The molecule has 12 heteroatoms. The Bertz CT molecular complexity index is 1580. The van der Waals surface area contributed by atoms with Crippen molar-refractivity contribution < 1.29 is 32.2 Å². The van der Waals surface area contributed by atoms with Gasteiger partial charge in [-0.2, -0.15) is 13.2 Å². The predicted octanol–water partition coefficient (Wildman–Crippen LogP) is 5.37. The second-order valence-corrected chi connectivity index (χ2v) is 8.97. The van der Waals surface area contributed by atoms with Gasteiger partial charge in [0.2, 0.25) is 0 Å². The van der Waals surface area contributed by atoms with Crippen molar-refractivity contribution in [2.24, 2.45) is 4.99 Å². The Kier molecular flexibility index (Phi) is 7.32. The van der Waals surface area contributed by atoms with Crippen LogP contribution in [0.15, 0.2) is 78.0 Å². The molecule has 1 N–H and O–H groups in total. The van der Waals surface area contributed by atoms with Gasteiger partial charge in [0.15, 0.2) is 0 Å². The smallest absolute Gasteiger partial charge is 0.416 e. The first-order valence-electron chi connectivity index (χ1n) is 12.1. The minimum atomic E-state index is -4.54. The Morgan fingerprint density at radius 3 is 2.48 bits per heavy atom. The van der Waals surface area contributed by atoms with E-state index >= 15 is 0 Å². The number of aromatic nitrogens is 3. The van der Waals surface area contributed by atoms with Gasteiger partial charge < -0.3 is 9.47 Å². The number of carbonyl (C=O) groups excluding carboxylic acids is 2. The summed E-state index contributed by atoms with van der Waals surface area (Å²) in [5, 5.41) is 10.1. The molecule has 0 fully saturated rings. The number of rotatable bonds is 7. The van der Waals surface area contributed by atoms with E-state index in [0.717, 1.165) is 17.7 Å². The summed E-state index contributed by atoms with van der Waals surface area (Å²) in [6, 6.07) is 15.5. The molecule has 40 heavy (non-hydrogen) atoms. The summed E-state index contributed by atoms with van der Waals surface area (Å²) in [4.78, 5) is 28.7. The maximum atomic E-state index is 13.3. The highest BCUT2D eigenvalue weighted by atomic mass is 19.4. The van der Waals surface area contributed by atoms with E-state index in [4.69, 9.17) is 4.74 Å². The van der Waals surface area contributed by atoms with Crippen LogP contribution in [0.5, 0.6) is 11.5 Å². The second kappa shape index (κ2) is 11.0. The summed E-state index contributed by atoms with van der Waals surface area (Å²) in [7, 11) is 1.28. The fraction of sp³-hybridized carbons (Fsp3) is 0.179. The molecule has 1 aliphatic rings. The first-order chi connectivity index (χ1) is 19.2. The van der Waals surface area contributed by atoms with Gasteiger partial charge in [-0.05, 0) is 53.1 Å². The van der Waals surface area contributed by atoms with Crippen LogP contribution < -0.4 is 10.1 Å². The van der Waals surface area contributed by atoms with Gasteiger partial charge in [-0.15, -0.1) is 5.10 Å². The number of alkyl carbamates (subject to hydrolysis) is 1. The number of ether oxygens (including phenoxy) is 2. The molecular weight excluding hydrogens is 527 g/mol. The maximum absolute atomic E-state index is 13.3. The molecule has 204 valence electrons. The van der Waals surface area contributed by atoms with E-state index < -0.39 is 17.8 Å². The third kappa shape index (κ3) is 6.17. The zero-order valence-electron chi connectivity index (χ0n) is 21.1. The Morgan fingerprint density at radius 1 is 1.00 bits per heavy atom. The first-order valence-corrected chi connectivity index (χ1v) is 12.1. The van der Waals surface area contributed by atoms with Crippen molar-refractivity contribution in [2.45, 2.75) is 25.4 Å². The van der Waals surface area contributed by atoms with Gasteiger partial charge in [0.05, 0.1) is 36.4 Å². The van der Waals surface area contributed by atoms with Gasteiger partial charge in [0, 0.05) is 25.3 Å². The molecule has 1 aliphatic heterocycles. The van der Waals surface area contributed by atoms with Crippen molar-refractivity contribution in [2.75, 3.05) is 7.11 Å². The largest absolute Gasteiger partial charge is 0.457 e. The summed E-state index contributed by atoms with van der Waals surface area (Å²) in [6.07, 6.45) is -1.94. The minimum Gasteiger partial charge on any atom is -0.457 e. The quantitative estimate of drug-likeness (QED) is 0.332. The molecule has 0 aliphatic carbocycles. The number of nitrogens with one attached hydrogen (secondary N) is 1. The third-order valence-corrected chi connectivity index (χ3v) is 6.13. The lowest BCUT2D eigenvalue weighted by Gasteiger charge is -2.13. The van der Waals surface area contributed by atoms with Crippen molar-refractivity contribution in [3.8, 4) is 17.2 Å². The number of halogens is 3. The standard InChI is InChI=1S/C28H22F3N5O4/c1-39-27(38)34-26-15-18-4-8-23(16-24(18)33-26)40-22-6-2-17(3-7-22)12-21(37)14-19-13-20(28(29,30)31)5-9-25(19)36-11-10-32-35-36/h2-11,13,16H,12,14-15H2,1H3,(H,33,34,38). The predicted molar refractivity (Wildman–Crippen MR) is 138 cm³/mol. The molecule has 5 rings (SSSR count). The number of aliphatic imine (C=N–C) groups is 1. The highest BCUT2D eigenvalue weighted by Crippen LogP contribution is 2.33. The SMILES string of the molecule is COC(=O)NC1=Nc2cc(Oc3ccc(CC(=O)Cc4cc(C(F)(F)F)ccc4-n4ccnn4)cc3)ccc2C1. The molecule has 3 aromatic carbocycles. The number of hydrogen-bond acceptors (Lipinski definition) is 7. The Balaban J connectivity index is 1.24. The van der Waals surface area contributed by atoms with E-state index in [0.29, 0.717) is 40.7 Å². The number of ketones is 1. The number of amides is 1. The average Bonchev–Trinajstić information content (AvgIpc) is 3.59. The van der Waals surface area contributed by atoms with Crippen LogP contribution in [0.4, 0.5) is 23.7 Å². The molecule has 0 spiro atoms. The molecule has 0 saturated heterocycles. The van der Waals surface area contributed by atoms with Crippen LogP contribution in [0.2, 0.25) is 0 Å². The van der Waals surface area contributed by atoms with Crippen LogP contribution in [0, 0.1) is 0 Å². The number of carbonyl (C=O) groups is 2. The summed E-state index contributed by atoms with van der Waals surface area (Å²) < 4.78 is 51.7. The fourth-order valence-electron chi connectivity index (χ4n) is 4.24. The number of Topliss-reactive ketones (excluding diaryl/α,β-unsaturated/α-hetero) is 1. The van der Waals surface area contributed by atoms with E-state index in [-0.39, 0.29) is 24.2 Å². The lowest BCUT2D eigenvalue weighted by molar-refractivity contribution is -0.137. The van der Waals surface area contributed by atoms with Crippen LogP contribution in [-0.4, -0.2) is 39.8 Å². The van der Waals surface area contributed by atoms with Gasteiger partial charge in [0.25, 0.3) is 0 Å². The topological polar surface area (TPSA) is 108 Å². The van der Waals surface area contributed by atoms with Crippen molar-refractivity contribution in [1.82, 2.24) is 20.3 Å². The van der Waals surface area contributed by atoms with Crippen molar-refractivity contribution >= 4 is 23.4 Å². The Labute approximate surface area is 226 Å². The van der Waals surface area contributed by atoms with E-state index in [1.165, 1.54) is 30.3 Å². The molecular formula is C28H22F3N5O4. The summed E-state index contributed by atoms with van der Waals surface area (Å²) in [5.74, 6) is 1.28. The molecule has 1 amide bonds. The lowest BCUT2D eigenvalue weighted by Crippen LogP contribution is -2.30.